The van der Waals surface area contributed by atoms with Crippen molar-refractivity contribution in [3.05, 3.63) is 60.1 Å². The van der Waals surface area contributed by atoms with Crippen molar-refractivity contribution in [2.45, 2.75) is 25.7 Å². The quantitative estimate of drug-likeness (QED) is 0.815. The van der Waals surface area contributed by atoms with Gasteiger partial charge in [-0.2, -0.15) is 0 Å². The van der Waals surface area contributed by atoms with Gasteiger partial charge in [0.05, 0.1) is 12.0 Å². The van der Waals surface area contributed by atoms with Crippen LogP contribution in [0.5, 0.6) is 0 Å². The second-order valence-electron chi connectivity index (χ2n) is 4.98. The van der Waals surface area contributed by atoms with Gasteiger partial charge >= 0.3 is 0 Å². The Labute approximate surface area is 126 Å². The minimum absolute atomic E-state index is 0.0607. The summed E-state index contributed by atoms with van der Waals surface area (Å²) < 4.78 is 31.6. The molecule has 0 fully saturated rings. The average molecular weight is 307 g/mol. The molecule has 0 spiro atoms. The number of furan rings is 1. The molecule has 1 heterocycles. The lowest BCUT2D eigenvalue weighted by Gasteiger charge is -2.15. The monoisotopic (exact) mass is 307 g/mol. The third kappa shape index (κ3) is 4.72. The largest absolute Gasteiger partial charge is 0.469 e. The van der Waals surface area contributed by atoms with Crippen molar-refractivity contribution >= 4 is 10.0 Å². The van der Waals surface area contributed by atoms with Crippen LogP contribution in [0.25, 0.3) is 0 Å². The molecule has 0 saturated carbocycles. The molecule has 0 aliphatic rings. The third-order valence-corrected chi connectivity index (χ3v) is 4.91. The summed E-state index contributed by atoms with van der Waals surface area (Å²) in [6.07, 6.45) is 2.93. The lowest BCUT2D eigenvalue weighted by Crippen LogP contribution is -2.28. The minimum atomic E-state index is -3.16. The van der Waals surface area contributed by atoms with E-state index in [4.69, 9.17) is 4.42 Å². The fourth-order valence-corrected chi connectivity index (χ4v) is 3.46. The van der Waals surface area contributed by atoms with E-state index in [9.17, 15) is 8.42 Å². The first-order chi connectivity index (χ1) is 10.1. The summed E-state index contributed by atoms with van der Waals surface area (Å²) >= 11 is 0. The Kier molecular flexibility index (Phi) is 5.59. The highest BCUT2D eigenvalue weighted by Crippen LogP contribution is 2.27. The molecule has 4 nitrogen and oxygen atoms in total. The van der Waals surface area contributed by atoms with Crippen LogP contribution in [0.15, 0.2) is 53.1 Å². The predicted molar refractivity (Wildman–Crippen MR) is 83.7 cm³/mol. The van der Waals surface area contributed by atoms with E-state index >= 15 is 0 Å². The summed E-state index contributed by atoms with van der Waals surface area (Å²) in [6.45, 7) is 2.26. The molecule has 0 unspecified atom stereocenters. The Balaban J connectivity index is 2.05. The van der Waals surface area contributed by atoms with Crippen molar-refractivity contribution in [3.8, 4) is 0 Å². The van der Waals surface area contributed by atoms with Crippen LogP contribution in [-0.4, -0.2) is 20.7 Å². The zero-order chi connectivity index (χ0) is 15.1. The summed E-state index contributed by atoms with van der Waals surface area (Å²) in [5.41, 5.74) is 1.13. The molecule has 0 aliphatic carbocycles. The first kappa shape index (κ1) is 15.8. The molecule has 2 aromatic rings. The van der Waals surface area contributed by atoms with E-state index in [-0.39, 0.29) is 11.7 Å². The molecule has 0 bridgehead atoms. The Morgan fingerprint density at radius 2 is 1.90 bits per heavy atom. The molecular formula is C16H21NO3S. The van der Waals surface area contributed by atoms with Gasteiger partial charge in [0.15, 0.2) is 0 Å². The van der Waals surface area contributed by atoms with Crippen LogP contribution in [-0.2, 0) is 10.0 Å². The summed E-state index contributed by atoms with van der Waals surface area (Å²) in [5.74, 6) is 1.09. The zero-order valence-corrected chi connectivity index (χ0v) is 13.0. The Morgan fingerprint density at radius 1 is 1.14 bits per heavy atom. The molecule has 1 aromatic carbocycles. The van der Waals surface area contributed by atoms with E-state index in [2.05, 4.69) is 4.72 Å². The number of rotatable bonds is 8. The van der Waals surface area contributed by atoms with Gasteiger partial charge in [0.1, 0.15) is 5.76 Å². The number of hydrogen-bond donors (Lipinski definition) is 1. The lowest BCUT2D eigenvalue weighted by molar-refractivity contribution is 0.472. The van der Waals surface area contributed by atoms with Gasteiger partial charge in [-0.05, 0) is 30.5 Å². The van der Waals surface area contributed by atoms with Crippen LogP contribution >= 0.6 is 0 Å². The summed E-state index contributed by atoms with van der Waals surface area (Å²) in [5, 5.41) is 0. The fourth-order valence-electron chi connectivity index (χ4n) is 2.35. The highest BCUT2D eigenvalue weighted by atomic mass is 32.2. The van der Waals surface area contributed by atoms with Crippen molar-refractivity contribution in [2.24, 2.45) is 0 Å². The van der Waals surface area contributed by atoms with Crippen molar-refractivity contribution in [3.63, 3.8) is 0 Å². The van der Waals surface area contributed by atoms with E-state index in [0.717, 1.165) is 11.3 Å². The van der Waals surface area contributed by atoms with Crippen LogP contribution in [0.3, 0.4) is 0 Å². The van der Waals surface area contributed by atoms with Gasteiger partial charge < -0.3 is 4.42 Å². The molecule has 0 amide bonds. The second-order valence-corrected chi connectivity index (χ2v) is 6.91. The Morgan fingerprint density at radius 3 is 2.52 bits per heavy atom. The normalized spacial score (nSPS) is 13.2. The topological polar surface area (TPSA) is 59.3 Å². The number of hydrogen-bond acceptors (Lipinski definition) is 3. The average Bonchev–Trinajstić information content (AvgIpc) is 2.98. The predicted octanol–water partition coefficient (Wildman–Crippen LogP) is 3.13. The molecule has 21 heavy (non-hydrogen) atoms. The van der Waals surface area contributed by atoms with E-state index < -0.39 is 10.0 Å². The molecule has 2 rings (SSSR count). The third-order valence-electron chi connectivity index (χ3n) is 3.32. The molecule has 0 saturated heterocycles. The van der Waals surface area contributed by atoms with Crippen LogP contribution in [0.2, 0.25) is 0 Å². The van der Waals surface area contributed by atoms with Crippen LogP contribution in [0.1, 0.15) is 37.0 Å². The first-order valence-electron chi connectivity index (χ1n) is 7.18. The van der Waals surface area contributed by atoms with Crippen LogP contribution < -0.4 is 4.72 Å². The molecule has 1 aromatic heterocycles. The van der Waals surface area contributed by atoms with Crippen molar-refractivity contribution in [2.75, 3.05) is 12.3 Å². The number of nitrogens with one attached hydrogen (secondary N) is 1. The highest BCUT2D eigenvalue weighted by molar-refractivity contribution is 7.89. The summed E-state index contributed by atoms with van der Waals surface area (Å²) in [6, 6.07) is 13.8. The Bertz CT molecular complexity index is 621. The zero-order valence-electron chi connectivity index (χ0n) is 12.2. The minimum Gasteiger partial charge on any atom is -0.469 e. The molecule has 0 radical (unpaired) electrons. The SMILES string of the molecule is CCCS(=O)(=O)NCC[C@H](c1ccccc1)c1ccco1. The summed E-state index contributed by atoms with van der Waals surface area (Å²) in [4.78, 5) is 0. The lowest BCUT2D eigenvalue weighted by atomic mass is 9.93. The molecular weight excluding hydrogens is 286 g/mol. The van der Waals surface area contributed by atoms with Gasteiger partial charge in [-0.1, -0.05) is 37.3 Å². The van der Waals surface area contributed by atoms with Crippen molar-refractivity contribution < 1.29 is 12.8 Å². The molecule has 1 atom stereocenters. The second kappa shape index (κ2) is 7.43. The maximum atomic E-state index is 11.7. The van der Waals surface area contributed by atoms with Gasteiger partial charge in [0.25, 0.3) is 0 Å². The van der Waals surface area contributed by atoms with Crippen molar-refractivity contribution in [1.82, 2.24) is 4.72 Å². The molecule has 1 N–H and O–H groups in total. The van der Waals surface area contributed by atoms with Crippen LogP contribution in [0, 0.1) is 0 Å². The van der Waals surface area contributed by atoms with Gasteiger partial charge in [-0.15, -0.1) is 0 Å². The van der Waals surface area contributed by atoms with Gasteiger partial charge in [0.2, 0.25) is 10.0 Å². The van der Waals surface area contributed by atoms with E-state index in [1.807, 2.05) is 49.4 Å². The standard InChI is InChI=1S/C16H21NO3S/c1-2-13-21(18,19)17-11-10-15(16-9-6-12-20-16)14-7-4-3-5-8-14/h3-9,12,15,17H,2,10-11,13H2,1H3/t15-/m1/s1. The molecule has 114 valence electrons. The molecule has 5 heteroatoms. The van der Waals surface area contributed by atoms with E-state index in [1.54, 1.807) is 6.26 Å². The first-order valence-corrected chi connectivity index (χ1v) is 8.83. The Hall–Kier alpha value is -1.59. The number of benzene rings is 1. The van der Waals surface area contributed by atoms with Gasteiger partial charge in [0, 0.05) is 12.5 Å². The van der Waals surface area contributed by atoms with E-state index in [1.165, 1.54) is 0 Å². The maximum absolute atomic E-state index is 11.7. The maximum Gasteiger partial charge on any atom is 0.211 e. The van der Waals surface area contributed by atoms with Gasteiger partial charge in [-0.3, -0.25) is 0 Å². The van der Waals surface area contributed by atoms with Crippen LogP contribution in [0.4, 0.5) is 0 Å². The molecule has 0 aliphatic heterocycles. The van der Waals surface area contributed by atoms with Gasteiger partial charge in [-0.25, -0.2) is 13.1 Å². The highest BCUT2D eigenvalue weighted by Gasteiger charge is 2.17. The smallest absolute Gasteiger partial charge is 0.211 e. The fraction of sp³-hybridized carbons (Fsp3) is 0.375. The summed E-state index contributed by atoms with van der Waals surface area (Å²) in [7, 11) is -3.16. The number of sulfonamides is 1. The van der Waals surface area contributed by atoms with Crippen molar-refractivity contribution in [1.29, 1.82) is 0 Å². The van der Waals surface area contributed by atoms with E-state index in [0.29, 0.717) is 19.4 Å².